The van der Waals surface area contributed by atoms with Gasteiger partial charge >= 0.3 is 0 Å². The molecule has 0 aliphatic carbocycles. The minimum Gasteiger partial charge on any atom is -0.494 e. The molecule has 0 saturated heterocycles. The molecule has 0 aliphatic rings. The summed E-state index contributed by atoms with van der Waals surface area (Å²) in [5.74, 6) is 13.8. The maximum atomic E-state index is 5.82. The van der Waals surface area contributed by atoms with Crippen molar-refractivity contribution in [2.75, 3.05) is 13.2 Å². The van der Waals surface area contributed by atoms with E-state index in [1.54, 1.807) is 0 Å². The van der Waals surface area contributed by atoms with Crippen molar-refractivity contribution in [1.29, 1.82) is 0 Å². The Morgan fingerprint density at radius 2 is 1.07 bits per heavy atom. The van der Waals surface area contributed by atoms with Crippen LogP contribution in [0.25, 0.3) is 0 Å². The summed E-state index contributed by atoms with van der Waals surface area (Å²) in [5, 5.41) is 0. The maximum absolute atomic E-state index is 5.82. The number of ether oxygens (including phenoxy) is 2. The Bertz CT molecular complexity index is 788. The Hall–Kier alpha value is -2.84. The summed E-state index contributed by atoms with van der Waals surface area (Å²) in [7, 11) is 0. The lowest BCUT2D eigenvalue weighted by Gasteiger charge is -2.06. The fraction of sp³-hybridized carbons (Fsp3) is 0.429. The van der Waals surface area contributed by atoms with E-state index in [-0.39, 0.29) is 0 Å². The van der Waals surface area contributed by atoms with Crippen LogP contribution in [0.1, 0.15) is 76.3 Å². The molecule has 0 aliphatic heterocycles. The van der Waals surface area contributed by atoms with Crippen LogP contribution in [0.4, 0.5) is 0 Å². The highest BCUT2D eigenvalue weighted by atomic mass is 16.5. The summed E-state index contributed by atoms with van der Waals surface area (Å²) in [6.07, 6.45) is 9.63. The van der Waals surface area contributed by atoms with Crippen LogP contribution < -0.4 is 9.47 Å². The number of rotatable bonds is 12. The molecule has 0 saturated carbocycles. The minimum absolute atomic E-state index is 0.758. The number of unbranched alkanes of at least 4 members (excludes halogenated alkanes) is 6. The Kier molecular flexibility index (Phi) is 11.8. The highest BCUT2D eigenvalue weighted by Gasteiger charge is 1.96. The van der Waals surface area contributed by atoms with E-state index in [1.165, 1.54) is 38.5 Å². The van der Waals surface area contributed by atoms with Gasteiger partial charge in [0.05, 0.1) is 13.2 Å². The monoisotopic (exact) mass is 402 g/mol. The average molecular weight is 403 g/mol. The van der Waals surface area contributed by atoms with Gasteiger partial charge in [0.1, 0.15) is 11.5 Å². The van der Waals surface area contributed by atoms with E-state index in [1.807, 2.05) is 48.5 Å². The topological polar surface area (TPSA) is 18.5 Å². The third kappa shape index (κ3) is 10.1. The highest BCUT2D eigenvalue weighted by molar-refractivity contribution is 5.47. The number of benzene rings is 2. The Morgan fingerprint density at radius 3 is 1.50 bits per heavy atom. The van der Waals surface area contributed by atoms with Gasteiger partial charge in [-0.3, -0.25) is 0 Å². The predicted octanol–water partition coefficient (Wildman–Crippen LogP) is 7.01. The summed E-state index contributed by atoms with van der Waals surface area (Å²) in [6.45, 7) is 5.94. The quantitative estimate of drug-likeness (QED) is 0.281. The van der Waals surface area contributed by atoms with Gasteiger partial charge in [0.2, 0.25) is 0 Å². The van der Waals surface area contributed by atoms with Crippen LogP contribution in [0.3, 0.4) is 0 Å². The molecule has 2 aromatic rings. The molecular weight excluding hydrogens is 368 g/mol. The third-order valence-electron chi connectivity index (χ3n) is 4.68. The summed E-state index contributed by atoms with van der Waals surface area (Å²) in [4.78, 5) is 0. The second-order valence-electron chi connectivity index (χ2n) is 7.37. The molecule has 0 radical (unpaired) electrons. The zero-order valence-corrected chi connectivity index (χ0v) is 18.5. The van der Waals surface area contributed by atoms with E-state index in [0.29, 0.717) is 0 Å². The van der Waals surface area contributed by atoms with Crippen molar-refractivity contribution in [2.45, 2.75) is 65.2 Å². The lowest BCUT2D eigenvalue weighted by molar-refractivity contribution is 0.305. The smallest absolute Gasteiger partial charge is 0.120 e. The molecule has 30 heavy (non-hydrogen) atoms. The fourth-order valence-electron chi connectivity index (χ4n) is 2.97. The first kappa shape index (κ1) is 23.4. The lowest BCUT2D eigenvalue weighted by atomic mass is 10.2. The highest BCUT2D eigenvalue weighted by Crippen LogP contribution is 2.14. The molecule has 0 spiro atoms. The molecule has 0 N–H and O–H groups in total. The first-order valence-electron chi connectivity index (χ1n) is 11.3. The standard InChI is InChI=1S/C28H34O2/c1-3-5-7-11-21-29-27-19-13-17-25(23-27)15-9-10-16-26-18-14-20-28(24-26)30-22-12-8-6-4-2/h13-14,17-20,23-24H,3-8,11-12,21-22H2,1-2H3. The third-order valence-corrected chi connectivity index (χ3v) is 4.68. The molecule has 2 aromatic carbocycles. The first-order chi connectivity index (χ1) is 14.8. The summed E-state index contributed by atoms with van der Waals surface area (Å²) >= 11 is 0. The molecule has 158 valence electrons. The van der Waals surface area contributed by atoms with Gasteiger partial charge in [0.15, 0.2) is 0 Å². The van der Waals surface area contributed by atoms with Crippen molar-refractivity contribution in [3.05, 3.63) is 59.7 Å². The second-order valence-corrected chi connectivity index (χ2v) is 7.37. The van der Waals surface area contributed by atoms with Gasteiger partial charge in [0.25, 0.3) is 0 Å². The molecule has 0 heterocycles. The molecule has 2 rings (SSSR count). The molecular formula is C28H34O2. The van der Waals surface area contributed by atoms with Gasteiger partial charge in [-0.1, -0.05) is 76.3 Å². The zero-order chi connectivity index (χ0) is 21.3. The largest absolute Gasteiger partial charge is 0.494 e. The van der Waals surface area contributed by atoms with Crippen LogP contribution in [0, 0.1) is 23.7 Å². The van der Waals surface area contributed by atoms with E-state index in [0.717, 1.165) is 48.7 Å². The van der Waals surface area contributed by atoms with Gasteiger partial charge in [-0.2, -0.15) is 0 Å². The number of hydrogen-bond donors (Lipinski definition) is 0. The van der Waals surface area contributed by atoms with Crippen LogP contribution in [0.5, 0.6) is 11.5 Å². The van der Waals surface area contributed by atoms with E-state index in [9.17, 15) is 0 Å². The van der Waals surface area contributed by atoms with E-state index >= 15 is 0 Å². The van der Waals surface area contributed by atoms with E-state index in [2.05, 4.69) is 37.5 Å². The summed E-state index contributed by atoms with van der Waals surface area (Å²) in [5.41, 5.74) is 1.83. The van der Waals surface area contributed by atoms with Gasteiger partial charge < -0.3 is 9.47 Å². The van der Waals surface area contributed by atoms with Gasteiger partial charge in [-0.05, 0) is 61.1 Å². The molecule has 2 nitrogen and oxygen atoms in total. The van der Waals surface area contributed by atoms with Crippen LogP contribution in [-0.2, 0) is 0 Å². The SMILES string of the molecule is CCCCCCOc1cccc(C#CC#Cc2cccc(OCCCCCC)c2)c1. The normalized spacial score (nSPS) is 9.80. The lowest BCUT2D eigenvalue weighted by Crippen LogP contribution is -1.97. The van der Waals surface area contributed by atoms with Crippen molar-refractivity contribution in [3.8, 4) is 35.2 Å². The van der Waals surface area contributed by atoms with Crippen LogP contribution in [0.2, 0.25) is 0 Å². The molecule has 2 heteroatoms. The van der Waals surface area contributed by atoms with Crippen molar-refractivity contribution in [3.63, 3.8) is 0 Å². The van der Waals surface area contributed by atoms with Crippen LogP contribution in [0.15, 0.2) is 48.5 Å². The zero-order valence-electron chi connectivity index (χ0n) is 18.5. The molecule has 0 fully saturated rings. The van der Waals surface area contributed by atoms with Crippen molar-refractivity contribution in [1.82, 2.24) is 0 Å². The van der Waals surface area contributed by atoms with Crippen molar-refractivity contribution in [2.24, 2.45) is 0 Å². The fourth-order valence-corrected chi connectivity index (χ4v) is 2.97. The maximum Gasteiger partial charge on any atom is 0.120 e. The molecule has 0 amide bonds. The van der Waals surface area contributed by atoms with Gasteiger partial charge in [-0.15, -0.1) is 0 Å². The molecule has 0 atom stereocenters. The molecule has 0 bridgehead atoms. The Morgan fingerprint density at radius 1 is 0.600 bits per heavy atom. The van der Waals surface area contributed by atoms with E-state index < -0.39 is 0 Å². The Labute approximate surface area is 183 Å². The summed E-state index contributed by atoms with van der Waals surface area (Å²) < 4.78 is 11.6. The first-order valence-corrected chi connectivity index (χ1v) is 11.3. The van der Waals surface area contributed by atoms with Crippen molar-refractivity contribution >= 4 is 0 Å². The second kappa shape index (κ2) is 15.1. The van der Waals surface area contributed by atoms with Crippen LogP contribution >= 0.6 is 0 Å². The van der Waals surface area contributed by atoms with E-state index in [4.69, 9.17) is 9.47 Å². The summed E-state index contributed by atoms with van der Waals surface area (Å²) in [6, 6.07) is 15.8. The van der Waals surface area contributed by atoms with Gasteiger partial charge in [0, 0.05) is 11.1 Å². The average Bonchev–Trinajstić information content (AvgIpc) is 2.77. The van der Waals surface area contributed by atoms with Gasteiger partial charge in [-0.25, -0.2) is 0 Å². The minimum atomic E-state index is 0.758. The van der Waals surface area contributed by atoms with Crippen LogP contribution in [-0.4, -0.2) is 13.2 Å². The number of hydrogen-bond acceptors (Lipinski definition) is 2. The Balaban J connectivity index is 1.84. The molecule has 0 unspecified atom stereocenters. The predicted molar refractivity (Wildman–Crippen MR) is 126 cm³/mol. The molecule has 0 aromatic heterocycles. The van der Waals surface area contributed by atoms with Crippen molar-refractivity contribution < 1.29 is 9.47 Å².